The van der Waals surface area contributed by atoms with Crippen LogP contribution in [0.15, 0.2) is 18.2 Å². The number of methoxy groups -OCH3 is 1. The first-order valence-electron chi connectivity index (χ1n) is 8.89. The van der Waals surface area contributed by atoms with Crippen molar-refractivity contribution in [3.05, 3.63) is 29.3 Å². The van der Waals surface area contributed by atoms with Gasteiger partial charge in [-0.2, -0.15) is 0 Å². The van der Waals surface area contributed by atoms with E-state index in [2.05, 4.69) is 31.0 Å². The minimum atomic E-state index is -0.900. The zero-order valence-corrected chi connectivity index (χ0v) is 14.1. The van der Waals surface area contributed by atoms with Crippen molar-refractivity contribution in [3.63, 3.8) is 0 Å². The lowest BCUT2D eigenvalue weighted by Crippen LogP contribution is -2.50. The van der Waals surface area contributed by atoms with Crippen LogP contribution in [0.1, 0.15) is 56.1 Å². The van der Waals surface area contributed by atoms with E-state index in [1.54, 1.807) is 7.11 Å². The molecule has 0 bridgehead atoms. The number of ether oxygens (including phenoxy) is 1. The van der Waals surface area contributed by atoms with Gasteiger partial charge in [0.1, 0.15) is 11.4 Å². The smallest absolute Gasteiger partial charge is 0.130 e. The fourth-order valence-corrected chi connectivity index (χ4v) is 5.94. The van der Waals surface area contributed by atoms with Crippen LogP contribution in [-0.2, 0) is 6.42 Å². The molecule has 0 heterocycles. The zero-order valence-electron chi connectivity index (χ0n) is 14.1. The zero-order chi connectivity index (χ0) is 16.2. The van der Waals surface area contributed by atoms with Crippen molar-refractivity contribution < 1.29 is 9.84 Å². The van der Waals surface area contributed by atoms with Crippen LogP contribution in [0.25, 0.3) is 0 Å². The van der Waals surface area contributed by atoms with Crippen LogP contribution in [0, 0.1) is 29.6 Å². The van der Waals surface area contributed by atoms with Crippen molar-refractivity contribution in [2.45, 2.75) is 57.0 Å². The first-order chi connectivity index (χ1) is 11.0. The molecule has 2 heteroatoms. The van der Waals surface area contributed by atoms with Crippen LogP contribution in [0.3, 0.4) is 0 Å². The molecule has 1 N–H and O–H groups in total. The van der Waals surface area contributed by atoms with Crippen molar-refractivity contribution in [1.29, 1.82) is 0 Å². The van der Waals surface area contributed by atoms with Gasteiger partial charge in [0.25, 0.3) is 0 Å². The van der Waals surface area contributed by atoms with E-state index in [1.807, 2.05) is 0 Å². The lowest BCUT2D eigenvalue weighted by Gasteiger charge is -2.52. The molecule has 0 amide bonds. The number of fused-ring (bicyclic) bond motifs is 5. The van der Waals surface area contributed by atoms with Crippen LogP contribution in [0.2, 0.25) is 0 Å². The number of aliphatic hydroxyl groups is 1. The summed E-state index contributed by atoms with van der Waals surface area (Å²) >= 11 is 0. The quantitative estimate of drug-likeness (QED) is 0.797. The average Bonchev–Trinajstić information content (AvgIpc) is 2.86. The number of rotatable bonds is 1. The minimum Gasteiger partial charge on any atom is -0.497 e. The number of hydrogen-bond acceptors (Lipinski definition) is 2. The lowest BCUT2D eigenvalue weighted by molar-refractivity contribution is -0.0646. The summed E-state index contributed by atoms with van der Waals surface area (Å²) in [4.78, 5) is 0. The van der Waals surface area contributed by atoms with Gasteiger partial charge in [-0.25, -0.2) is 0 Å². The second kappa shape index (κ2) is 5.02. The van der Waals surface area contributed by atoms with E-state index in [0.29, 0.717) is 17.8 Å². The maximum Gasteiger partial charge on any atom is 0.130 e. The van der Waals surface area contributed by atoms with E-state index >= 15 is 0 Å². The van der Waals surface area contributed by atoms with Gasteiger partial charge in [-0.1, -0.05) is 18.9 Å². The molecule has 5 atom stereocenters. The Bertz CT molecular complexity index is 673. The molecule has 1 aromatic rings. The van der Waals surface area contributed by atoms with E-state index in [0.717, 1.165) is 37.9 Å². The number of terminal acetylenes is 1. The lowest BCUT2D eigenvalue weighted by atomic mass is 9.53. The molecule has 0 spiro atoms. The summed E-state index contributed by atoms with van der Waals surface area (Å²) in [5.41, 5.74) is 1.97. The van der Waals surface area contributed by atoms with Gasteiger partial charge in [0.2, 0.25) is 0 Å². The highest BCUT2D eigenvalue weighted by atomic mass is 16.5. The summed E-state index contributed by atoms with van der Waals surface area (Å²) < 4.78 is 5.39. The summed E-state index contributed by atoms with van der Waals surface area (Å²) in [5.74, 6) is 5.56. The SMILES string of the molecule is C#C[C@]1(O)CC[C@H]2[C@@H]3CCc4cc(OC)ccc4[C@@H]3CC[C@@]21C. The molecule has 2 saturated carbocycles. The van der Waals surface area contributed by atoms with E-state index in [1.165, 1.54) is 17.5 Å². The first-order valence-corrected chi connectivity index (χ1v) is 8.89. The van der Waals surface area contributed by atoms with Gasteiger partial charge in [0.05, 0.1) is 7.11 Å². The first kappa shape index (κ1) is 15.1. The molecule has 122 valence electrons. The van der Waals surface area contributed by atoms with Gasteiger partial charge in [-0.3, -0.25) is 0 Å². The van der Waals surface area contributed by atoms with Crippen molar-refractivity contribution >= 4 is 0 Å². The fraction of sp³-hybridized carbons (Fsp3) is 0.619. The van der Waals surface area contributed by atoms with E-state index in [-0.39, 0.29) is 5.41 Å². The summed E-state index contributed by atoms with van der Waals surface area (Å²) in [7, 11) is 1.73. The van der Waals surface area contributed by atoms with Gasteiger partial charge in [0, 0.05) is 5.41 Å². The summed E-state index contributed by atoms with van der Waals surface area (Å²) in [5, 5.41) is 11.0. The Morgan fingerprint density at radius 2 is 2.09 bits per heavy atom. The van der Waals surface area contributed by atoms with E-state index in [9.17, 15) is 5.11 Å². The second-order valence-electron chi connectivity index (χ2n) is 7.98. The van der Waals surface area contributed by atoms with Gasteiger partial charge in [-0.05, 0) is 79.5 Å². The molecule has 0 aromatic heterocycles. The van der Waals surface area contributed by atoms with Crippen LogP contribution in [-0.4, -0.2) is 17.8 Å². The molecule has 0 unspecified atom stereocenters. The molecule has 2 fully saturated rings. The number of hydrogen-bond donors (Lipinski definition) is 1. The van der Waals surface area contributed by atoms with Gasteiger partial charge in [-0.15, -0.1) is 6.42 Å². The Kier molecular flexibility index (Phi) is 3.29. The minimum absolute atomic E-state index is 0.104. The predicted molar refractivity (Wildman–Crippen MR) is 91.4 cm³/mol. The van der Waals surface area contributed by atoms with E-state index < -0.39 is 5.60 Å². The van der Waals surface area contributed by atoms with Crippen molar-refractivity contribution in [2.75, 3.05) is 7.11 Å². The fourth-order valence-electron chi connectivity index (χ4n) is 5.94. The van der Waals surface area contributed by atoms with Crippen LogP contribution >= 0.6 is 0 Å². The van der Waals surface area contributed by atoms with Gasteiger partial charge < -0.3 is 9.84 Å². The van der Waals surface area contributed by atoms with Crippen molar-refractivity contribution in [2.24, 2.45) is 17.3 Å². The summed E-state index contributed by atoms with van der Waals surface area (Å²) in [6, 6.07) is 6.59. The molecule has 4 rings (SSSR count). The highest BCUT2D eigenvalue weighted by Gasteiger charge is 2.61. The molecule has 0 saturated heterocycles. The highest BCUT2D eigenvalue weighted by molar-refractivity contribution is 5.41. The monoisotopic (exact) mass is 310 g/mol. The molecule has 0 radical (unpaired) electrons. The Hall–Kier alpha value is -1.46. The Balaban J connectivity index is 1.70. The third-order valence-electron chi connectivity index (χ3n) is 7.32. The van der Waals surface area contributed by atoms with Crippen molar-refractivity contribution in [3.8, 4) is 18.1 Å². The molecule has 23 heavy (non-hydrogen) atoms. The summed E-state index contributed by atoms with van der Waals surface area (Å²) in [6.45, 7) is 2.24. The van der Waals surface area contributed by atoms with Crippen LogP contribution < -0.4 is 4.74 Å². The molecule has 0 aliphatic heterocycles. The highest BCUT2D eigenvalue weighted by Crippen LogP contribution is 2.64. The average molecular weight is 310 g/mol. The molecule has 2 nitrogen and oxygen atoms in total. The third kappa shape index (κ3) is 1.93. The Labute approximate surface area is 139 Å². The second-order valence-corrected chi connectivity index (χ2v) is 7.98. The number of aryl methyl sites for hydroxylation is 1. The molecule has 3 aliphatic carbocycles. The number of benzene rings is 1. The molecular formula is C21H26O2. The topological polar surface area (TPSA) is 29.5 Å². The molecule has 3 aliphatic rings. The summed E-state index contributed by atoms with van der Waals surface area (Å²) in [6.07, 6.45) is 12.1. The van der Waals surface area contributed by atoms with Crippen LogP contribution in [0.4, 0.5) is 0 Å². The Morgan fingerprint density at radius 1 is 1.26 bits per heavy atom. The maximum absolute atomic E-state index is 11.0. The van der Waals surface area contributed by atoms with E-state index in [4.69, 9.17) is 11.2 Å². The standard InChI is InChI=1S/C21H26O2/c1-4-21(22)12-10-19-18-7-5-14-13-15(23-3)6-8-16(14)17(18)9-11-20(19,21)2/h1,6,8,13,17-19,22H,5,7,9-12H2,2-3H3/t17-,18+,19-,20-,21-/m0/s1. The normalized spacial score (nSPS) is 41.4. The largest absolute Gasteiger partial charge is 0.497 e. The third-order valence-corrected chi connectivity index (χ3v) is 7.32. The maximum atomic E-state index is 11.0. The van der Waals surface area contributed by atoms with Crippen LogP contribution in [0.5, 0.6) is 5.75 Å². The van der Waals surface area contributed by atoms with Gasteiger partial charge >= 0.3 is 0 Å². The molecular weight excluding hydrogens is 284 g/mol. The van der Waals surface area contributed by atoms with Gasteiger partial charge in [0.15, 0.2) is 0 Å². The Morgan fingerprint density at radius 3 is 2.83 bits per heavy atom. The molecule has 1 aromatic carbocycles. The predicted octanol–water partition coefficient (Wildman–Crippen LogP) is 3.92. The van der Waals surface area contributed by atoms with Crippen molar-refractivity contribution in [1.82, 2.24) is 0 Å².